The predicted octanol–water partition coefficient (Wildman–Crippen LogP) is -0.0199. The number of hydrogen-bond acceptors (Lipinski definition) is 11. The molecular formula is C30H49N2O14+. The number of carbonyl (C=O) groups excluding carboxylic acids is 1. The van der Waals surface area contributed by atoms with Crippen LogP contribution in [0.1, 0.15) is 58.9 Å². The number of carboxylic acid groups (broad SMARTS) is 4. The lowest BCUT2D eigenvalue weighted by atomic mass is 9.78. The van der Waals surface area contributed by atoms with Crippen LogP contribution in [0.4, 0.5) is 0 Å². The van der Waals surface area contributed by atoms with E-state index >= 15 is 0 Å². The molecule has 16 heteroatoms. The number of likely N-dealkylation sites (N-methyl/N-ethyl adjacent to an activating group) is 1. The zero-order valence-electron chi connectivity index (χ0n) is 26.8. The van der Waals surface area contributed by atoms with Gasteiger partial charge in [0.25, 0.3) is 0 Å². The van der Waals surface area contributed by atoms with E-state index in [1.807, 2.05) is 6.92 Å². The van der Waals surface area contributed by atoms with E-state index in [4.69, 9.17) is 45.7 Å². The molecule has 8 N–H and O–H groups in total. The molecule has 0 saturated carbocycles. The Labute approximate surface area is 267 Å². The number of quaternary nitrogens is 1. The Balaban J connectivity index is 0.000000832. The van der Waals surface area contributed by atoms with Crippen LogP contribution in [0.25, 0.3) is 0 Å². The van der Waals surface area contributed by atoms with E-state index in [0.29, 0.717) is 28.9 Å². The lowest BCUT2D eigenvalue weighted by Crippen LogP contribution is -2.63. The average molecular weight is 662 g/mol. The van der Waals surface area contributed by atoms with Gasteiger partial charge < -0.3 is 40.9 Å². The molecule has 0 bridgehead atoms. The smallest absolute Gasteiger partial charge is 0.366 e. The van der Waals surface area contributed by atoms with E-state index in [1.54, 1.807) is 0 Å². The van der Waals surface area contributed by atoms with E-state index < -0.39 is 48.3 Å². The fraction of sp³-hybridized carbons (Fsp3) is 0.633. The molecule has 0 amide bonds. The number of carbonyl (C=O) groups is 5. The van der Waals surface area contributed by atoms with Crippen LogP contribution < -0.4 is 0 Å². The van der Waals surface area contributed by atoms with Gasteiger partial charge in [-0.05, 0) is 31.5 Å². The first-order valence-electron chi connectivity index (χ1n) is 14.9. The minimum absolute atomic E-state index is 0.0817. The molecule has 0 aromatic heterocycles. The van der Waals surface area contributed by atoms with Crippen molar-refractivity contribution in [3.63, 3.8) is 0 Å². The van der Waals surface area contributed by atoms with Gasteiger partial charge in [-0.15, -0.1) is 4.65 Å². The standard InChI is InChI=1S/C22H37N2O2.2C4H6O6/c1-6-22(25)26-24(15-14-23(7-2)8-3)17-18(4)21(16-19(24)5)20-12-10-9-11-13-20;2*5-1(3(7)8)2(6)4(9)10/h9-13,18-19,21H,6-8,14-17H2,1-5H3;2*1-2,5-6H,(H,7,8)(H,9,10)/q+1;;. The molecule has 1 aromatic carbocycles. The second-order valence-electron chi connectivity index (χ2n) is 10.9. The largest absolute Gasteiger partial charge is 0.479 e. The number of aliphatic carboxylic acids is 4. The highest BCUT2D eigenvalue weighted by atomic mass is 16.7. The van der Waals surface area contributed by atoms with Gasteiger partial charge in [-0.3, -0.25) is 9.74 Å². The van der Waals surface area contributed by atoms with Crippen LogP contribution in [0.2, 0.25) is 0 Å². The molecule has 1 aliphatic heterocycles. The lowest BCUT2D eigenvalue weighted by Gasteiger charge is -2.47. The van der Waals surface area contributed by atoms with E-state index in [2.05, 4.69) is 62.9 Å². The summed E-state index contributed by atoms with van der Waals surface area (Å²) in [6.07, 6.45) is -7.57. The Morgan fingerprint density at radius 1 is 0.783 bits per heavy atom. The molecule has 16 nitrogen and oxygen atoms in total. The Morgan fingerprint density at radius 2 is 1.20 bits per heavy atom. The number of aliphatic hydroxyl groups excluding tert-OH is 4. The van der Waals surface area contributed by atoms with Gasteiger partial charge in [-0.2, -0.15) is 0 Å². The molecule has 1 saturated heterocycles. The summed E-state index contributed by atoms with van der Waals surface area (Å²) < 4.78 is 0.480. The van der Waals surface area contributed by atoms with Crippen molar-refractivity contribution in [2.45, 2.75) is 83.8 Å². The average Bonchev–Trinajstić information content (AvgIpc) is 3.02. The van der Waals surface area contributed by atoms with Crippen LogP contribution >= 0.6 is 0 Å². The van der Waals surface area contributed by atoms with Crippen LogP contribution in [-0.2, 0) is 28.8 Å². The third-order valence-electron chi connectivity index (χ3n) is 7.78. The summed E-state index contributed by atoms with van der Waals surface area (Å²) >= 11 is 0. The van der Waals surface area contributed by atoms with Crippen molar-refractivity contribution in [3.8, 4) is 0 Å². The van der Waals surface area contributed by atoms with Gasteiger partial charge in [0.2, 0.25) is 0 Å². The SMILES string of the molecule is CCC(=O)O[N+]1(CCN(CC)CC)CC(C)C(c2ccccc2)CC1C.O=C(O)C(O)C(O)C(=O)O.O=C(O)C(O)C(O)C(=O)O. The molecule has 1 aromatic rings. The fourth-order valence-electron chi connectivity index (χ4n) is 4.89. The first kappa shape index (κ1) is 42.3. The van der Waals surface area contributed by atoms with Crippen LogP contribution in [0.3, 0.4) is 0 Å². The van der Waals surface area contributed by atoms with Crippen LogP contribution in [0.15, 0.2) is 30.3 Å². The second-order valence-corrected chi connectivity index (χ2v) is 10.9. The van der Waals surface area contributed by atoms with Crippen molar-refractivity contribution in [1.82, 2.24) is 4.90 Å². The van der Waals surface area contributed by atoms with Gasteiger partial charge in [0.1, 0.15) is 19.1 Å². The normalized spacial score (nSPS) is 23.2. The Bertz CT molecular complexity index is 1040. The molecule has 0 aliphatic carbocycles. The number of nitrogens with zero attached hydrogens (tertiary/aromatic N) is 2. The Kier molecular flexibility index (Phi) is 18.8. The van der Waals surface area contributed by atoms with Gasteiger partial charge in [0.05, 0.1) is 6.54 Å². The maximum absolute atomic E-state index is 12.2. The predicted molar refractivity (Wildman–Crippen MR) is 161 cm³/mol. The molecule has 262 valence electrons. The number of rotatable bonds is 14. The summed E-state index contributed by atoms with van der Waals surface area (Å²) in [4.78, 5) is 59.8. The molecular weight excluding hydrogens is 612 g/mol. The fourth-order valence-corrected chi connectivity index (χ4v) is 4.89. The highest BCUT2D eigenvalue weighted by Gasteiger charge is 2.48. The van der Waals surface area contributed by atoms with Gasteiger partial charge in [-0.1, -0.05) is 58.0 Å². The molecule has 1 heterocycles. The van der Waals surface area contributed by atoms with Gasteiger partial charge >= 0.3 is 29.8 Å². The summed E-state index contributed by atoms with van der Waals surface area (Å²) in [5.74, 6) is -6.14. The van der Waals surface area contributed by atoms with Crippen molar-refractivity contribution >= 4 is 29.8 Å². The van der Waals surface area contributed by atoms with Crippen LogP contribution in [0.5, 0.6) is 0 Å². The number of aliphatic hydroxyl groups is 4. The summed E-state index contributed by atoms with van der Waals surface area (Å²) in [6, 6.07) is 11.1. The Morgan fingerprint density at radius 3 is 1.54 bits per heavy atom. The maximum Gasteiger partial charge on any atom is 0.366 e. The highest BCUT2D eigenvalue weighted by Crippen LogP contribution is 2.40. The monoisotopic (exact) mass is 661 g/mol. The van der Waals surface area contributed by atoms with Gasteiger partial charge in [-0.25, -0.2) is 24.0 Å². The summed E-state index contributed by atoms with van der Waals surface area (Å²) in [6.45, 7) is 15.7. The van der Waals surface area contributed by atoms with Crippen molar-refractivity contribution < 1.29 is 74.3 Å². The van der Waals surface area contributed by atoms with Gasteiger partial charge in [0, 0.05) is 18.8 Å². The minimum atomic E-state index is -2.27. The highest BCUT2D eigenvalue weighted by molar-refractivity contribution is 5.83. The molecule has 1 aliphatic rings. The molecule has 0 radical (unpaired) electrons. The quantitative estimate of drug-likeness (QED) is 0.122. The number of piperidine rings is 1. The van der Waals surface area contributed by atoms with E-state index in [9.17, 15) is 24.0 Å². The molecule has 1 fully saturated rings. The third kappa shape index (κ3) is 13.4. The second kappa shape index (κ2) is 20.5. The summed E-state index contributed by atoms with van der Waals surface area (Å²) in [5.41, 5.74) is 1.41. The Hall–Kier alpha value is -3.67. The number of carboxylic acids is 4. The molecule has 2 rings (SSSR count). The maximum atomic E-state index is 12.2. The van der Waals surface area contributed by atoms with E-state index in [-0.39, 0.29) is 5.97 Å². The molecule has 8 unspecified atom stereocenters. The van der Waals surface area contributed by atoms with Gasteiger partial charge in [0.15, 0.2) is 24.4 Å². The van der Waals surface area contributed by atoms with Crippen molar-refractivity contribution in [2.24, 2.45) is 5.92 Å². The molecule has 8 atom stereocenters. The first-order chi connectivity index (χ1) is 21.4. The molecule has 46 heavy (non-hydrogen) atoms. The van der Waals surface area contributed by atoms with Crippen LogP contribution in [0, 0.1) is 5.92 Å². The van der Waals surface area contributed by atoms with Crippen LogP contribution in [-0.4, -0.2) is 143 Å². The van der Waals surface area contributed by atoms with Crippen molar-refractivity contribution in [2.75, 3.05) is 32.7 Å². The third-order valence-corrected chi connectivity index (χ3v) is 7.78. The number of benzene rings is 1. The zero-order chi connectivity index (χ0) is 35.8. The number of likely N-dealkylation sites (tertiary alicyclic amines) is 1. The van der Waals surface area contributed by atoms with E-state index in [1.165, 1.54) is 5.56 Å². The lowest BCUT2D eigenvalue weighted by molar-refractivity contribution is -1.11. The van der Waals surface area contributed by atoms with Crippen molar-refractivity contribution in [1.29, 1.82) is 0 Å². The molecule has 0 spiro atoms. The van der Waals surface area contributed by atoms with Crippen molar-refractivity contribution in [3.05, 3.63) is 35.9 Å². The summed E-state index contributed by atoms with van der Waals surface area (Å²) in [5, 5.41) is 65.1. The summed E-state index contributed by atoms with van der Waals surface area (Å²) in [7, 11) is 0. The number of hydroxylamine groups is 3. The topological polar surface area (TPSA) is 260 Å². The first-order valence-corrected chi connectivity index (χ1v) is 14.9. The van der Waals surface area contributed by atoms with E-state index in [0.717, 1.165) is 39.1 Å². The zero-order valence-corrected chi connectivity index (χ0v) is 26.8. The minimum Gasteiger partial charge on any atom is -0.479 e. The number of hydrogen-bond donors (Lipinski definition) is 8.